The molecule has 4 aliphatic rings. The van der Waals surface area contributed by atoms with Crippen molar-refractivity contribution in [3.8, 4) is 11.1 Å². The summed E-state index contributed by atoms with van der Waals surface area (Å²) in [6.45, 7) is 0.289. The lowest BCUT2D eigenvalue weighted by Gasteiger charge is -2.36. The molecule has 2 aliphatic heterocycles. The number of alkyl carbamates (subject to hydrolysis) is 1. The van der Waals surface area contributed by atoms with E-state index in [0.29, 0.717) is 12.8 Å². The SMILES string of the molecule is O=C(NC1CC(CC(=O)N2[C@@H]3CC[C@H]2[C@@H](C(=O)O)C3)C1)OCC1c2ccccc2-c2ccccc21. The number of carbonyl (C=O) groups is 3. The maximum atomic E-state index is 12.9. The van der Waals surface area contributed by atoms with Gasteiger partial charge in [0.2, 0.25) is 5.91 Å². The smallest absolute Gasteiger partial charge is 0.407 e. The highest BCUT2D eigenvalue weighted by atomic mass is 16.5. The largest absolute Gasteiger partial charge is 0.481 e. The van der Waals surface area contributed by atoms with Crippen molar-refractivity contribution in [3.63, 3.8) is 0 Å². The molecule has 2 aromatic carbocycles. The predicted molar refractivity (Wildman–Crippen MR) is 129 cm³/mol. The fraction of sp³-hybridized carbons (Fsp3) is 0.464. The molecule has 3 fully saturated rings. The second-order valence-corrected chi connectivity index (χ2v) is 10.5. The van der Waals surface area contributed by atoms with E-state index in [-0.39, 0.29) is 42.5 Å². The number of amides is 2. The minimum absolute atomic E-state index is 0.0190. The number of nitrogens with one attached hydrogen (secondary N) is 1. The van der Waals surface area contributed by atoms with Crippen molar-refractivity contribution in [1.82, 2.24) is 10.2 Å². The van der Waals surface area contributed by atoms with Crippen LogP contribution in [0.1, 0.15) is 55.6 Å². The number of hydrogen-bond donors (Lipinski definition) is 2. The van der Waals surface area contributed by atoms with Gasteiger partial charge in [0.25, 0.3) is 0 Å². The summed E-state index contributed by atoms with van der Waals surface area (Å²) in [4.78, 5) is 38.7. The van der Waals surface area contributed by atoms with Crippen LogP contribution in [0.2, 0.25) is 0 Å². The minimum atomic E-state index is -0.786. The Morgan fingerprint density at radius 2 is 1.60 bits per heavy atom. The quantitative estimate of drug-likeness (QED) is 0.656. The fourth-order valence-corrected chi connectivity index (χ4v) is 6.82. The van der Waals surface area contributed by atoms with Crippen molar-refractivity contribution >= 4 is 18.0 Å². The van der Waals surface area contributed by atoms with E-state index in [4.69, 9.17) is 4.74 Å². The Bertz CT molecular complexity index is 1130. The third kappa shape index (κ3) is 3.87. The molecule has 35 heavy (non-hydrogen) atoms. The molecule has 2 aliphatic carbocycles. The Hall–Kier alpha value is -3.35. The zero-order valence-corrected chi connectivity index (χ0v) is 19.6. The van der Waals surface area contributed by atoms with E-state index in [0.717, 1.165) is 25.7 Å². The van der Waals surface area contributed by atoms with Gasteiger partial charge in [-0.25, -0.2) is 4.79 Å². The molecule has 0 unspecified atom stereocenters. The number of aliphatic carboxylic acids is 1. The van der Waals surface area contributed by atoms with Gasteiger partial charge in [0.05, 0.1) is 5.92 Å². The summed E-state index contributed by atoms with van der Waals surface area (Å²) in [5, 5.41) is 12.4. The molecule has 2 bridgehead atoms. The summed E-state index contributed by atoms with van der Waals surface area (Å²) in [5.74, 6) is -0.867. The first-order valence-corrected chi connectivity index (χ1v) is 12.6. The predicted octanol–water partition coefficient (Wildman–Crippen LogP) is 4.16. The van der Waals surface area contributed by atoms with Crippen LogP contribution in [0.3, 0.4) is 0 Å². The van der Waals surface area contributed by atoms with Crippen LogP contribution in [0.25, 0.3) is 11.1 Å². The first-order valence-electron chi connectivity index (χ1n) is 12.6. The first-order chi connectivity index (χ1) is 17.0. The lowest BCUT2D eigenvalue weighted by Crippen LogP contribution is -2.47. The molecule has 6 rings (SSSR count). The monoisotopic (exact) mass is 474 g/mol. The van der Waals surface area contributed by atoms with Crippen molar-refractivity contribution in [3.05, 3.63) is 59.7 Å². The van der Waals surface area contributed by atoms with Gasteiger partial charge in [-0.1, -0.05) is 48.5 Å². The van der Waals surface area contributed by atoms with E-state index >= 15 is 0 Å². The van der Waals surface area contributed by atoms with Gasteiger partial charge < -0.3 is 20.1 Å². The van der Waals surface area contributed by atoms with Crippen molar-refractivity contribution in [2.45, 2.75) is 62.6 Å². The zero-order chi connectivity index (χ0) is 24.1. The van der Waals surface area contributed by atoms with Crippen LogP contribution < -0.4 is 5.32 Å². The van der Waals surface area contributed by atoms with E-state index in [1.54, 1.807) is 0 Å². The minimum Gasteiger partial charge on any atom is -0.481 e. The highest BCUT2D eigenvalue weighted by molar-refractivity contribution is 5.81. The molecule has 7 heteroatoms. The molecule has 1 saturated carbocycles. The number of carbonyl (C=O) groups excluding carboxylic acids is 2. The number of carboxylic acid groups (broad SMARTS) is 1. The number of rotatable bonds is 6. The third-order valence-corrected chi connectivity index (χ3v) is 8.51. The Balaban J connectivity index is 0.978. The van der Waals surface area contributed by atoms with Gasteiger partial charge in [0, 0.05) is 30.5 Å². The number of ether oxygens (including phenoxy) is 1. The number of nitrogens with zero attached hydrogens (tertiary/aromatic N) is 1. The van der Waals surface area contributed by atoms with Crippen molar-refractivity contribution in [2.24, 2.45) is 11.8 Å². The highest BCUT2D eigenvalue weighted by Crippen LogP contribution is 2.45. The third-order valence-electron chi connectivity index (χ3n) is 8.51. The van der Waals surface area contributed by atoms with Crippen LogP contribution in [-0.4, -0.2) is 52.7 Å². The molecular weight excluding hydrogens is 444 g/mol. The van der Waals surface area contributed by atoms with Crippen LogP contribution in [0, 0.1) is 11.8 Å². The lowest BCUT2D eigenvalue weighted by atomic mass is 9.78. The van der Waals surface area contributed by atoms with Crippen LogP contribution >= 0.6 is 0 Å². The maximum absolute atomic E-state index is 12.9. The molecule has 0 aromatic heterocycles. The van der Waals surface area contributed by atoms with E-state index in [9.17, 15) is 19.5 Å². The molecule has 2 saturated heterocycles. The van der Waals surface area contributed by atoms with Gasteiger partial charge in [-0.15, -0.1) is 0 Å². The van der Waals surface area contributed by atoms with Gasteiger partial charge in [-0.05, 0) is 60.3 Å². The molecular formula is C28H30N2O5. The lowest BCUT2D eigenvalue weighted by molar-refractivity contribution is -0.143. The number of benzene rings is 2. The molecule has 182 valence electrons. The van der Waals surface area contributed by atoms with Gasteiger partial charge in [0.1, 0.15) is 6.61 Å². The Kier molecular flexibility index (Phi) is 5.50. The van der Waals surface area contributed by atoms with E-state index in [2.05, 4.69) is 29.6 Å². The summed E-state index contributed by atoms with van der Waals surface area (Å²) >= 11 is 0. The number of hydrogen-bond acceptors (Lipinski definition) is 4. The van der Waals surface area contributed by atoms with E-state index < -0.39 is 18.0 Å². The van der Waals surface area contributed by atoms with Crippen LogP contribution in [0.4, 0.5) is 4.79 Å². The van der Waals surface area contributed by atoms with Gasteiger partial charge in [0.15, 0.2) is 0 Å². The Morgan fingerprint density at radius 3 is 2.23 bits per heavy atom. The van der Waals surface area contributed by atoms with Crippen LogP contribution in [0.5, 0.6) is 0 Å². The van der Waals surface area contributed by atoms with E-state index in [1.807, 2.05) is 29.2 Å². The number of carboxylic acids is 1. The second kappa shape index (κ2) is 8.70. The number of fused-ring (bicyclic) bond motifs is 5. The Morgan fingerprint density at radius 1 is 0.943 bits per heavy atom. The summed E-state index contributed by atoms with van der Waals surface area (Å²) in [6.07, 6.45) is 3.82. The molecule has 0 radical (unpaired) electrons. The summed E-state index contributed by atoms with van der Waals surface area (Å²) in [7, 11) is 0. The molecule has 2 amide bonds. The molecule has 2 N–H and O–H groups in total. The van der Waals surface area contributed by atoms with E-state index in [1.165, 1.54) is 22.3 Å². The van der Waals surface area contributed by atoms with Gasteiger partial charge >= 0.3 is 12.1 Å². The van der Waals surface area contributed by atoms with Crippen LogP contribution in [-0.2, 0) is 14.3 Å². The first kappa shape index (κ1) is 22.1. The molecule has 0 spiro atoms. The molecule has 2 aromatic rings. The summed E-state index contributed by atoms with van der Waals surface area (Å²) in [6, 6.07) is 16.5. The summed E-state index contributed by atoms with van der Waals surface area (Å²) in [5.41, 5.74) is 4.77. The van der Waals surface area contributed by atoms with Gasteiger partial charge in [-0.3, -0.25) is 9.59 Å². The zero-order valence-electron chi connectivity index (χ0n) is 19.6. The average molecular weight is 475 g/mol. The highest BCUT2D eigenvalue weighted by Gasteiger charge is 2.51. The topological polar surface area (TPSA) is 95.9 Å². The maximum Gasteiger partial charge on any atom is 0.407 e. The summed E-state index contributed by atoms with van der Waals surface area (Å²) < 4.78 is 5.63. The standard InChI is InChI=1S/C28H30N2O5/c31-26(30-18-9-10-25(30)23(14-18)27(32)33)13-16-11-17(12-16)29-28(34)35-15-24-21-7-3-1-5-19(21)20-6-2-4-8-22(20)24/h1-8,16-18,23-25H,9-15H2,(H,29,34)(H,32,33)/t16?,17?,18-,23+,25+/m1/s1. The van der Waals surface area contributed by atoms with Crippen molar-refractivity contribution in [2.75, 3.05) is 6.61 Å². The van der Waals surface area contributed by atoms with Crippen molar-refractivity contribution in [1.29, 1.82) is 0 Å². The van der Waals surface area contributed by atoms with Crippen molar-refractivity contribution < 1.29 is 24.2 Å². The van der Waals surface area contributed by atoms with Gasteiger partial charge in [-0.2, -0.15) is 0 Å². The molecule has 7 nitrogen and oxygen atoms in total. The molecule has 3 atom stereocenters. The van der Waals surface area contributed by atoms with Crippen LogP contribution in [0.15, 0.2) is 48.5 Å². The Labute approximate surface area is 204 Å². The normalized spacial score (nSPS) is 28.2. The second-order valence-electron chi connectivity index (χ2n) is 10.5. The average Bonchev–Trinajstić information content (AvgIpc) is 3.51. The molecule has 2 heterocycles. The fourth-order valence-electron chi connectivity index (χ4n) is 6.82.